The number of hydrogen-bond acceptors (Lipinski definition) is 4. The van der Waals surface area contributed by atoms with Crippen molar-refractivity contribution >= 4 is 22.7 Å². The topological polar surface area (TPSA) is 81.3 Å². The van der Waals surface area contributed by atoms with E-state index >= 15 is 0 Å². The smallest absolute Gasteiger partial charge is 0.0622 e. The van der Waals surface area contributed by atoms with Gasteiger partial charge in [-0.25, -0.2) is 0 Å². The van der Waals surface area contributed by atoms with Crippen LogP contribution in [0.3, 0.4) is 0 Å². The molecule has 1 aromatic rings. The van der Waals surface area contributed by atoms with Gasteiger partial charge in [0.25, 0.3) is 0 Å². The molecule has 0 radical (unpaired) electrons. The molecule has 4 heteroatoms. The first kappa shape index (κ1) is 14.5. The second-order valence-corrected chi connectivity index (χ2v) is 5.73. The van der Waals surface area contributed by atoms with E-state index in [4.69, 9.17) is 17.2 Å². The second-order valence-electron chi connectivity index (χ2n) is 5.73. The highest BCUT2D eigenvalue weighted by Gasteiger charge is 2.14. The summed E-state index contributed by atoms with van der Waals surface area (Å²) < 4.78 is 0. The fourth-order valence-electron chi connectivity index (χ4n) is 2.07. The van der Waals surface area contributed by atoms with E-state index < -0.39 is 0 Å². The van der Waals surface area contributed by atoms with Crippen LogP contribution in [-0.2, 0) is 0 Å². The number of nitrogens with two attached hydrogens (primary N) is 3. The van der Waals surface area contributed by atoms with Crippen molar-refractivity contribution in [3.63, 3.8) is 0 Å². The highest BCUT2D eigenvalue weighted by atomic mass is 15.1. The number of hydrogen-bond donors (Lipinski definition) is 3. The molecule has 0 saturated carbocycles. The van der Waals surface area contributed by atoms with E-state index in [-0.39, 0.29) is 0 Å². The van der Waals surface area contributed by atoms with Gasteiger partial charge in [-0.2, -0.15) is 0 Å². The van der Waals surface area contributed by atoms with Crippen LogP contribution in [0.25, 0.3) is 0 Å². The molecule has 0 aromatic heterocycles. The number of nitrogens with zero attached hydrogens (tertiary/aromatic N) is 1. The van der Waals surface area contributed by atoms with Crippen molar-refractivity contribution in [3.8, 4) is 0 Å². The van der Waals surface area contributed by atoms with Crippen molar-refractivity contribution in [2.45, 2.75) is 27.7 Å². The molecule has 0 unspecified atom stereocenters. The lowest BCUT2D eigenvalue weighted by Crippen LogP contribution is -2.32. The summed E-state index contributed by atoms with van der Waals surface area (Å²) in [6.07, 6.45) is 0. The monoisotopic (exact) mass is 250 g/mol. The molecule has 4 nitrogen and oxygen atoms in total. The minimum Gasteiger partial charge on any atom is -0.397 e. The molecule has 0 spiro atoms. The van der Waals surface area contributed by atoms with Gasteiger partial charge in [0.15, 0.2) is 0 Å². The molecule has 1 rings (SSSR count). The Morgan fingerprint density at radius 1 is 0.833 bits per heavy atom. The van der Waals surface area contributed by atoms with Crippen LogP contribution >= 0.6 is 0 Å². The van der Waals surface area contributed by atoms with Gasteiger partial charge in [0.1, 0.15) is 0 Å². The van der Waals surface area contributed by atoms with E-state index in [2.05, 4.69) is 32.6 Å². The quantitative estimate of drug-likeness (QED) is 0.701. The Balaban J connectivity index is 3.07. The molecule has 0 aliphatic heterocycles. The molecule has 0 bridgehead atoms. The third-order valence-electron chi connectivity index (χ3n) is 2.74. The van der Waals surface area contributed by atoms with Crippen molar-refractivity contribution in [2.75, 3.05) is 35.2 Å². The molecule has 0 aliphatic rings. The largest absolute Gasteiger partial charge is 0.397 e. The van der Waals surface area contributed by atoms with Gasteiger partial charge < -0.3 is 22.1 Å². The molecular weight excluding hydrogens is 224 g/mol. The summed E-state index contributed by atoms with van der Waals surface area (Å²) in [6.45, 7) is 10.7. The summed E-state index contributed by atoms with van der Waals surface area (Å²) in [4.78, 5) is 2.29. The predicted molar refractivity (Wildman–Crippen MR) is 81.6 cm³/mol. The zero-order chi connectivity index (χ0) is 13.9. The second kappa shape index (κ2) is 5.85. The average Bonchev–Trinajstić information content (AvgIpc) is 2.21. The highest BCUT2D eigenvalue weighted by molar-refractivity contribution is 5.80. The van der Waals surface area contributed by atoms with E-state index in [1.807, 2.05) is 6.07 Å². The van der Waals surface area contributed by atoms with Crippen LogP contribution in [-0.4, -0.2) is 13.1 Å². The van der Waals surface area contributed by atoms with Gasteiger partial charge in [-0.1, -0.05) is 27.7 Å². The molecule has 102 valence electrons. The standard InChI is InChI=1S/C14H26N4/c1-9(2)7-18(8-10(3)4)14-6-12(16)11(15)5-13(14)17/h5-6,9-10H,7-8,15-17H2,1-4H3. The molecule has 0 fully saturated rings. The fraction of sp³-hybridized carbons (Fsp3) is 0.571. The molecule has 0 aliphatic carbocycles. The third kappa shape index (κ3) is 3.72. The molecule has 6 N–H and O–H groups in total. The van der Waals surface area contributed by atoms with Gasteiger partial charge in [0.05, 0.1) is 22.7 Å². The van der Waals surface area contributed by atoms with Gasteiger partial charge in [0, 0.05) is 13.1 Å². The number of nitrogen functional groups attached to an aromatic ring is 3. The van der Waals surface area contributed by atoms with Crippen LogP contribution in [0.1, 0.15) is 27.7 Å². The number of rotatable bonds is 5. The van der Waals surface area contributed by atoms with Crippen molar-refractivity contribution < 1.29 is 0 Å². The third-order valence-corrected chi connectivity index (χ3v) is 2.74. The Labute approximate surface area is 110 Å². The zero-order valence-electron chi connectivity index (χ0n) is 11.9. The van der Waals surface area contributed by atoms with Gasteiger partial charge in [-0.3, -0.25) is 0 Å². The summed E-state index contributed by atoms with van der Waals surface area (Å²) in [5.74, 6) is 1.14. The first-order chi connectivity index (χ1) is 8.31. The van der Waals surface area contributed by atoms with Gasteiger partial charge in [0.2, 0.25) is 0 Å². The fourth-order valence-corrected chi connectivity index (χ4v) is 2.07. The Hall–Kier alpha value is -1.58. The molecule has 0 heterocycles. The molecule has 1 aromatic carbocycles. The molecule has 0 saturated heterocycles. The zero-order valence-corrected chi connectivity index (χ0v) is 11.9. The van der Waals surface area contributed by atoms with Gasteiger partial charge in [-0.15, -0.1) is 0 Å². The van der Waals surface area contributed by atoms with E-state index in [0.717, 1.165) is 18.8 Å². The minimum atomic E-state index is 0.547. The Morgan fingerprint density at radius 3 is 1.72 bits per heavy atom. The Kier molecular flexibility index (Phi) is 4.70. The summed E-state index contributed by atoms with van der Waals surface area (Å²) in [5.41, 5.74) is 20.5. The normalized spacial score (nSPS) is 11.2. The first-order valence-corrected chi connectivity index (χ1v) is 6.50. The van der Waals surface area contributed by atoms with Crippen molar-refractivity contribution in [1.82, 2.24) is 0 Å². The SMILES string of the molecule is CC(C)CN(CC(C)C)c1cc(N)c(N)cc1N. The van der Waals surface area contributed by atoms with Crippen molar-refractivity contribution in [2.24, 2.45) is 11.8 Å². The molecular formula is C14H26N4. The maximum atomic E-state index is 6.07. The van der Waals surface area contributed by atoms with Crippen molar-refractivity contribution in [1.29, 1.82) is 0 Å². The summed E-state index contributed by atoms with van der Waals surface area (Å²) >= 11 is 0. The van der Waals surface area contributed by atoms with E-state index in [9.17, 15) is 0 Å². The maximum Gasteiger partial charge on any atom is 0.0622 e. The summed E-state index contributed by atoms with van der Waals surface area (Å²) in [6, 6.07) is 3.63. The van der Waals surface area contributed by atoms with Crippen molar-refractivity contribution in [3.05, 3.63) is 12.1 Å². The van der Waals surface area contributed by atoms with Crippen LogP contribution in [0.4, 0.5) is 22.7 Å². The highest BCUT2D eigenvalue weighted by Crippen LogP contribution is 2.31. The lowest BCUT2D eigenvalue weighted by Gasteiger charge is -2.30. The van der Waals surface area contributed by atoms with Crippen LogP contribution in [0, 0.1) is 11.8 Å². The van der Waals surface area contributed by atoms with E-state index in [0.29, 0.717) is 28.9 Å². The van der Waals surface area contributed by atoms with Crippen LogP contribution in [0.15, 0.2) is 12.1 Å². The predicted octanol–water partition coefficient (Wildman–Crippen LogP) is 2.55. The molecule has 0 atom stereocenters. The van der Waals surface area contributed by atoms with E-state index in [1.54, 1.807) is 6.07 Å². The minimum absolute atomic E-state index is 0.547. The van der Waals surface area contributed by atoms with Crippen LogP contribution in [0.5, 0.6) is 0 Å². The summed E-state index contributed by atoms with van der Waals surface area (Å²) in [5, 5.41) is 0. The Bertz CT molecular complexity index is 389. The van der Waals surface area contributed by atoms with Crippen LogP contribution in [0.2, 0.25) is 0 Å². The first-order valence-electron chi connectivity index (χ1n) is 6.50. The lowest BCUT2D eigenvalue weighted by atomic mass is 10.1. The van der Waals surface area contributed by atoms with E-state index in [1.165, 1.54) is 0 Å². The van der Waals surface area contributed by atoms with Gasteiger partial charge >= 0.3 is 0 Å². The van der Waals surface area contributed by atoms with Gasteiger partial charge in [-0.05, 0) is 24.0 Å². The molecule has 18 heavy (non-hydrogen) atoms. The number of anilines is 4. The van der Waals surface area contributed by atoms with Crippen LogP contribution < -0.4 is 22.1 Å². The Morgan fingerprint density at radius 2 is 1.28 bits per heavy atom. The average molecular weight is 250 g/mol. The maximum absolute atomic E-state index is 6.07. The lowest BCUT2D eigenvalue weighted by molar-refractivity contribution is 0.553. The summed E-state index contributed by atoms with van der Waals surface area (Å²) in [7, 11) is 0. The number of benzene rings is 1. The molecule has 0 amide bonds.